The molecule has 1 aliphatic rings. The zero-order valence-electron chi connectivity index (χ0n) is 11.0. The summed E-state index contributed by atoms with van der Waals surface area (Å²) in [6.45, 7) is 1.08. The van der Waals surface area contributed by atoms with Crippen LogP contribution in [-0.2, 0) is 13.1 Å². The summed E-state index contributed by atoms with van der Waals surface area (Å²) in [4.78, 5) is 23.6. The predicted octanol–water partition coefficient (Wildman–Crippen LogP) is 2.81. The molecule has 1 heterocycles. The van der Waals surface area contributed by atoms with Crippen molar-refractivity contribution in [2.45, 2.75) is 13.1 Å². The van der Waals surface area contributed by atoms with Crippen molar-refractivity contribution < 1.29 is 14.8 Å². The highest BCUT2D eigenvalue weighted by atomic mass is 16.6. The summed E-state index contributed by atoms with van der Waals surface area (Å²) in [7, 11) is 0. The van der Waals surface area contributed by atoms with E-state index in [2.05, 4.69) is 0 Å². The molecular formula is C15H12N2O4. The van der Waals surface area contributed by atoms with Crippen LogP contribution in [0.5, 0.6) is 0 Å². The van der Waals surface area contributed by atoms with Crippen molar-refractivity contribution in [3.05, 3.63) is 69.3 Å². The van der Waals surface area contributed by atoms with Crippen LogP contribution in [0.2, 0.25) is 0 Å². The second kappa shape index (κ2) is 4.90. The number of nitro groups is 1. The number of hydrogen-bond donors (Lipinski definition) is 1. The number of nitro benzene ring substituents is 1. The third-order valence-electron chi connectivity index (χ3n) is 3.60. The summed E-state index contributed by atoms with van der Waals surface area (Å²) in [6.07, 6.45) is 0. The highest BCUT2D eigenvalue weighted by Gasteiger charge is 2.26. The number of hydrogen-bond acceptors (Lipinski definition) is 4. The lowest BCUT2D eigenvalue weighted by molar-refractivity contribution is -0.384. The van der Waals surface area contributed by atoms with Gasteiger partial charge in [0.15, 0.2) is 0 Å². The molecule has 0 spiro atoms. The minimum absolute atomic E-state index is 0.0477. The van der Waals surface area contributed by atoms with E-state index in [1.54, 1.807) is 0 Å². The molecule has 0 amide bonds. The highest BCUT2D eigenvalue weighted by Crippen LogP contribution is 2.35. The Hall–Kier alpha value is -2.89. The van der Waals surface area contributed by atoms with E-state index in [1.165, 1.54) is 18.2 Å². The van der Waals surface area contributed by atoms with Crippen molar-refractivity contribution >= 4 is 17.3 Å². The summed E-state index contributed by atoms with van der Waals surface area (Å²) < 4.78 is 0. The first kappa shape index (κ1) is 13.1. The fraction of sp³-hybridized carbons (Fsp3) is 0.133. The molecule has 0 saturated carbocycles. The Kier molecular flexibility index (Phi) is 3.06. The summed E-state index contributed by atoms with van der Waals surface area (Å²) >= 11 is 0. The lowest BCUT2D eigenvalue weighted by Gasteiger charge is -2.18. The number of rotatable bonds is 3. The molecule has 0 saturated heterocycles. The molecule has 0 aromatic heterocycles. The largest absolute Gasteiger partial charge is 0.478 e. The molecule has 0 bridgehead atoms. The number of anilines is 1. The second-order valence-electron chi connectivity index (χ2n) is 4.89. The van der Waals surface area contributed by atoms with E-state index >= 15 is 0 Å². The number of nitrogens with zero attached hydrogens (tertiary/aromatic N) is 2. The molecule has 3 rings (SSSR count). The van der Waals surface area contributed by atoms with Gasteiger partial charge in [0.05, 0.1) is 10.5 Å². The molecule has 0 atom stereocenters. The van der Waals surface area contributed by atoms with Gasteiger partial charge >= 0.3 is 5.97 Å². The number of aromatic carboxylic acids is 1. The van der Waals surface area contributed by atoms with Crippen molar-refractivity contribution in [2.75, 3.05) is 4.90 Å². The van der Waals surface area contributed by atoms with Crippen molar-refractivity contribution in [3.63, 3.8) is 0 Å². The standard InChI is InChI=1S/C15H12N2O4/c18-15(19)10-5-6-13(17(20)21)14(7-10)16-8-11-3-1-2-4-12(11)9-16/h1-7H,8-9H2,(H,18,19). The minimum atomic E-state index is -1.09. The topological polar surface area (TPSA) is 83.7 Å². The molecule has 1 aliphatic heterocycles. The average molecular weight is 284 g/mol. The van der Waals surface area contributed by atoms with E-state index in [4.69, 9.17) is 5.11 Å². The van der Waals surface area contributed by atoms with Gasteiger partial charge in [-0.1, -0.05) is 24.3 Å². The van der Waals surface area contributed by atoms with Gasteiger partial charge in [0, 0.05) is 19.2 Å². The number of carboxylic acid groups (broad SMARTS) is 1. The Labute approximate surface area is 120 Å². The average Bonchev–Trinajstić information content (AvgIpc) is 2.90. The minimum Gasteiger partial charge on any atom is -0.478 e. The van der Waals surface area contributed by atoms with Crippen LogP contribution in [0.3, 0.4) is 0 Å². The number of fused-ring (bicyclic) bond motifs is 1. The Morgan fingerprint density at radius 3 is 2.29 bits per heavy atom. The first-order valence-corrected chi connectivity index (χ1v) is 6.40. The Morgan fingerprint density at radius 1 is 1.14 bits per heavy atom. The van der Waals surface area contributed by atoms with Crippen LogP contribution in [0.4, 0.5) is 11.4 Å². The number of carbonyl (C=O) groups is 1. The molecule has 0 radical (unpaired) electrons. The van der Waals surface area contributed by atoms with Gasteiger partial charge in [0.25, 0.3) is 5.69 Å². The zero-order chi connectivity index (χ0) is 15.0. The highest BCUT2D eigenvalue weighted by molar-refractivity contribution is 5.90. The molecule has 6 heteroatoms. The lowest BCUT2D eigenvalue weighted by Crippen LogP contribution is -2.16. The summed E-state index contributed by atoms with van der Waals surface area (Å²) in [6, 6.07) is 11.7. The molecule has 1 N–H and O–H groups in total. The third-order valence-corrected chi connectivity index (χ3v) is 3.60. The fourth-order valence-electron chi connectivity index (χ4n) is 2.57. The molecule has 2 aromatic carbocycles. The Morgan fingerprint density at radius 2 is 1.76 bits per heavy atom. The second-order valence-corrected chi connectivity index (χ2v) is 4.89. The van der Waals surface area contributed by atoms with Crippen LogP contribution < -0.4 is 4.90 Å². The molecule has 6 nitrogen and oxygen atoms in total. The smallest absolute Gasteiger partial charge is 0.335 e. The monoisotopic (exact) mass is 284 g/mol. The van der Waals surface area contributed by atoms with Crippen molar-refractivity contribution in [1.29, 1.82) is 0 Å². The van der Waals surface area contributed by atoms with E-state index in [1.807, 2.05) is 29.2 Å². The summed E-state index contributed by atoms with van der Waals surface area (Å²) in [5, 5.41) is 20.2. The van der Waals surface area contributed by atoms with E-state index in [9.17, 15) is 14.9 Å². The third kappa shape index (κ3) is 2.31. The van der Waals surface area contributed by atoms with E-state index in [0.717, 1.165) is 11.1 Å². The lowest BCUT2D eigenvalue weighted by atomic mass is 10.1. The van der Waals surface area contributed by atoms with Gasteiger partial charge in [0.2, 0.25) is 0 Å². The van der Waals surface area contributed by atoms with Gasteiger partial charge in [-0.25, -0.2) is 4.79 Å². The van der Waals surface area contributed by atoms with Crippen LogP contribution in [0.1, 0.15) is 21.5 Å². The van der Waals surface area contributed by atoms with Crippen LogP contribution in [0.15, 0.2) is 42.5 Å². The van der Waals surface area contributed by atoms with Crippen LogP contribution in [-0.4, -0.2) is 16.0 Å². The molecule has 2 aromatic rings. The molecule has 0 aliphatic carbocycles. The van der Waals surface area contributed by atoms with E-state index in [-0.39, 0.29) is 11.3 Å². The van der Waals surface area contributed by atoms with Gasteiger partial charge in [-0.2, -0.15) is 0 Å². The molecule has 106 valence electrons. The molecule has 0 unspecified atom stereocenters. The number of carboxylic acids is 1. The normalized spacial score (nSPS) is 13.0. The van der Waals surface area contributed by atoms with Gasteiger partial charge in [0.1, 0.15) is 5.69 Å². The zero-order valence-corrected chi connectivity index (χ0v) is 11.0. The van der Waals surface area contributed by atoms with Gasteiger partial charge in [-0.15, -0.1) is 0 Å². The van der Waals surface area contributed by atoms with Crippen molar-refractivity contribution in [3.8, 4) is 0 Å². The Bertz CT molecular complexity index is 717. The van der Waals surface area contributed by atoms with Crippen molar-refractivity contribution in [2.24, 2.45) is 0 Å². The first-order chi connectivity index (χ1) is 10.1. The number of benzene rings is 2. The molecule has 21 heavy (non-hydrogen) atoms. The molecule has 0 fully saturated rings. The van der Waals surface area contributed by atoms with Crippen molar-refractivity contribution in [1.82, 2.24) is 0 Å². The van der Waals surface area contributed by atoms with Crippen LogP contribution in [0, 0.1) is 10.1 Å². The quantitative estimate of drug-likeness (QED) is 0.692. The maximum absolute atomic E-state index is 11.2. The van der Waals surface area contributed by atoms with Gasteiger partial charge in [-0.05, 0) is 23.3 Å². The fourth-order valence-corrected chi connectivity index (χ4v) is 2.57. The predicted molar refractivity (Wildman–Crippen MR) is 76.4 cm³/mol. The summed E-state index contributed by atoms with van der Waals surface area (Å²) in [5.74, 6) is -1.09. The van der Waals surface area contributed by atoms with Gasteiger partial charge < -0.3 is 10.0 Å². The Balaban J connectivity index is 2.04. The maximum atomic E-state index is 11.2. The van der Waals surface area contributed by atoms with E-state index < -0.39 is 10.9 Å². The van der Waals surface area contributed by atoms with Crippen LogP contribution in [0.25, 0.3) is 0 Å². The SMILES string of the molecule is O=C(O)c1ccc([N+](=O)[O-])c(N2Cc3ccccc3C2)c1. The van der Waals surface area contributed by atoms with Gasteiger partial charge in [-0.3, -0.25) is 10.1 Å². The van der Waals surface area contributed by atoms with Crippen LogP contribution >= 0.6 is 0 Å². The first-order valence-electron chi connectivity index (χ1n) is 6.40. The molecular weight excluding hydrogens is 272 g/mol. The van der Waals surface area contributed by atoms with E-state index in [0.29, 0.717) is 18.8 Å². The maximum Gasteiger partial charge on any atom is 0.335 e. The summed E-state index contributed by atoms with van der Waals surface area (Å²) in [5.41, 5.74) is 2.52.